The van der Waals surface area contributed by atoms with E-state index in [0.717, 1.165) is 119 Å². The van der Waals surface area contributed by atoms with Crippen LogP contribution in [0.5, 0.6) is 0 Å². The molecular weight excluding hydrogens is 825 g/mol. The number of sulfonamides is 2. The first-order chi connectivity index (χ1) is 29.7. The molecule has 0 amide bonds. The molecule has 0 spiro atoms. The van der Waals surface area contributed by atoms with Crippen molar-refractivity contribution in [2.75, 3.05) is 32.7 Å². The van der Waals surface area contributed by atoms with Crippen LogP contribution in [-0.2, 0) is 37.7 Å². The molecule has 2 aliphatic rings. The number of aryl methyl sites for hydroxylation is 8. The number of rotatable bonds is 12. The molecule has 0 bridgehead atoms. The van der Waals surface area contributed by atoms with E-state index in [9.17, 15) is 16.8 Å². The third kappa shape index (κ3) is 12.3. The van der Waals surface area contributed by atoms with Gasteiger partial charge in [0.1, 0.15) is 0 Å². The molecule has 7 rings (SSSR count). The fourth-order valence-corrected chi connectivity index (χ4v) is 12.2. The van der Waals surface area contributed by atoms with Crippen molar-refractivity contribution >= 4 is 20.0 Å². The van der Waals surface area contributed by atoms with E-state index in [2.05, 4.69) is 172 Å². The highest BCUT2D eigenvalue weighted by Gasteiger charge is 2.49. The van der Waals surface area contributed by atoms with Crippen LogP contribution in [0.4, 0.5) is 0 Å². The molecule has 0 saturated carbocycles. The molecule has 0 radical (unpaired) electrons. The summed E-state index contributed by atoms with van der Waals surface area (Å²) in [4.78, 5) is 2.46. The van der Waals surface area contributed by atoms with E-state index in [1.807, 2.05) is 6.07 Å². The summed E-state index contributed by atoms with van der Waals surface area (Å²) >= 11 is 0. The molecule has 63 heavy (non-hydrogen) atoms. The topological polar surface area (TPSA) is 128 Å². The molecular formula is C52H70N4O5S2. The van der Waals surface area contributed by atoms with Gasteiger partial charge < -0.3 is 10.4 Å². The van der Waals surface area contributed by atoms with Crippen LogP contribution in [0, 0.1) is 55.4 Å². The molecule has 9 nitrogen and oxygen atoms in total. The SMILES string of the molecule is CO.Cc1cc(C)cc(C(NS(C)(=O)=O)(c2cc(C)cc(C)c2)[C@@H]2CCCN2)c1.Cc1cc(C)cc(C(NS(C)(=O)=O)(c2cc(C)cc(C)c2)[C@@H]2CCCN2Cc2ccccc2)c1. The van der Waals surface area contributed by atoms with Crippen molar-refractivity contribution in [3.05, 3.63) is 175 Å². The minimum atomic E-state index is -3.54. The lowest BCUT2D eigenvalue weighted by atomic mass is 9.75. The molecule has 0 aromatic heterocycles. The Morgan fingerprint density at radius 1 is 0.556 bits per heavy atom. The van der Waals surface area contributed by atoms with Crippen molar-refractivity contribution < 1.29 is 21.9 Å². The average Bonchev–Trinajstić information content (AvgIpc) is 3.89. The van der Waals surface area contributed by atoms with E-state index in [1.165, 1.54) is 18.1 Å². The standard InChI is InChI=1S/C29H36N2O2S.C22H30N2O2S.CH4O/c1-21-14-22(2)17-26(16-21)29(30-34(5,32)33,27-18-23(3)15-24(4)19-27)28-12-9-13-31(28)20-25-10-7-6-8-11-25;1-15-9-16(2)12-19(11-15)22(24-27(5,25)26,21-7-6-8-23-21)20-13-17(3)10-18(4)14-20;1-2/h6-8,10-11,14-19,28,30H,9,12-13,20H2,1-5H3;9-14,21,23-24H,6-8H2,1-5H3;2H,1H3/t28-;21-;/m00./s1. The van der Waals surface area contributed by atoms with Gasteiger partial charge in [-0.2, -0.15) is 9.44 Å². The van der Waals surface area contributed by atoms with Gasteiger partial charge in [-0.25, -0.2) is 16.8 Å². The van der Waals surface area contributed by atoms with Gasteiger partial charge in [0.2, 0.25) is 20.0 Å². The van der Waals surface area contributed by atoms with Crippen LogP contribution in [0.3, 0.4) is 0 Å². The van der Waals surface area contributed by atoms with Crippen LogP contribution in [0.2, 0.25) is 0 Å². The van der Waals surface area contributed by atoms with Gasteiger partial charge in [-0.15, -0.1) is 0 Å². The van der Waals surface area contributed by atoms with Crippen molar-refractivity contribution in [1.82, 2.24) is 19.7 Å². The highest BCUT2D eigenvalue weighted by atomic mass is 32.2. The Bertz CT molecular complexity index is 2390. The maximum atomic E-state index is 13.0. The molecule has 0 unspecified atom stereocenters. The summed E-state index contributed by atoms with van der Waals surface area (Å²) in [6.45, 7) is 19.2. The highest BCUT2D eigenvalue weighted by molar-refractivity contribution is 7.89. The summed E-state index contributed by atoms with van der Waals surface area (Å²) in [7, 11) is -6.00. The zero-order valence-electron chi connectivity index (χ0n) is 39.3. The van der Waals surface area contributed by atoms with Crippen LogP contribution in [-0.4, -0.2) is 71.6 Å². The third-order valence-corrected chi connectivity index (χ3v) is 13.5. The van der Waals surface area contributed by atoms with Gasteiger partial charge in [-0.3, -0.25) is 4.90 Å². The van der Waals surface area contributed by atoms with Crippen LogP contribution >= 0.6 is 0 Å². The zero-order chi connectivity index (χ0) is 46.3. The third-order valence-electron chi connectivity index (χ3n) is 12.1. The van der Waals surface area contributed by atoms with Crippen LogP contribution < -0.4 is 14.8 Å². The van der Waals surface area contributed by atoms with Crippen molar-refractivity contribution in [3.63, 3.8) is 0 Å². The second-order valence-corrected chi connectivity index (χ2v) is 21.6. The minimum absolute atomic E-state index is 0.00498. The molecule has 2 fully saturated rings. The lowest BCUT2D eigenvalue weighted by Gasteiger charge is -2.45. The number of benzene rings is 5. The predicted molar refractivity (Wildman–Crippen MR) is 260 cm³/mol. The van der Waals surface area contributed by atoms with Gasteiger partial charge in [-0.1, -0.05) is 148 Å². The normalized spacial score (nSPS) is 17.1. The minimum Gasteiger partial charge on any atom is -0.400 e. The second kappa shape index (κ2) is 20.7. The molecule has 4 N–H and O–H groups in total. The monoisotopic (exact) mass is 894 g/mol. The molecule has 2 saturated heterocycles. The largest absolute Gasteiger partial charge is 0.400 e. The van der Waals surface area contributed by atoms with Crippen molar-refractivity contribution in [2.45, 2.75) is 111 Å². The van der Waals surface area contributed by atoms with Crippen molar-refractivity contribution in [1.29, 1.82) is 0 Å². The van der Waals surface area contributed by atoms with E-state index in [1.54, 1.807) is 0 Å². The summed E-state index contributed by atoms with van der Waals surface area (Å²) in [5.74, 6) is 0. The number of likely N-dealkylation sites (tertiary alicyclic amines) is 1. The number of aliphatic hydroxyl groups excluding tert-OH is 1. The van der Waals surface area contributed by atoms with Gasteiger partial charge >= 0.3 is 0 Å². The summed E-state index contributed by atoms with van der Waals surface area (Å²) < 4.78 is 57.4. The second-order valence-electron chi connectivity index (χ2n) is 18.1. The molecule has 2 atom stereocenters. The fourth-order valence-electron chi connectivity index (χ4n) is 10.3. The Labute approximate surface area is 378 Å². The van der Waals surface area contributed by atoms with Crippen molar-refractivity contribution in [2.24, 2.45) is 0 Å². The Balaban J connectivity index is 0.000000234. The lowest BCUT2D eigenvalue weighted by Crippen LogP contribution is -2.58. The van der Waals surface area contributed by atoms with Gasteiger partial charge in [0.25, 0.3) is 0 Å². The quantitative estimate of drug-likeness (QED) is 0.0991. The number of hydrogen-bond donors (Lipinski definition) is 4. The average molecular weight is 895 g/mol. The van der Waals surface area contributed by atoms with Gasteiger partial charge in [0, 0.05) is 25.7 Å². The first-order valence-electron chi connectivity index (χ1n) is 22.0. The van der Waals surface area contributed by atoms with E-state index in [4.69, 9.17) is 5.11 Å². The van der Waals surface area contributed by atoms with Crippen LogP contribution in [0.25, 0.3) is 0 Å². The zero-order valence-corrected chi connectivity index (χ0v) is 40.9. The van der Waals surface area contributed by atoms with Gasteiger partial charge in [0.15, 0.2) is 0 Å². The summed E-state index contributed by atoms with van der Waals surface area (Å²) in [6, 6.07) is 36.0. The van der Waals surface area contributed by atoms with Crippen molar-refractivity contribution in [3.8, 4) is 0 Å². The van der Waals surface area contributed by atoms with E-state index in [-0.39, 0.29) is 12.1 Å². The first kappa shape index (κ1) is 49.8. The molecule has 0 aliphatic carbocycles. The van der Waals surface area contributed by atoms with E-state index in [0.29, 0.717) is 0 Å². The summed E-state index contributed by atoms with van der Waals surface area (Å²) in [5, 5.41) is 10.6. The summed E-state index contributed by atoms with van der Waals surface area (Å²) in [5.41, 5.74) is 12.6. The highest BCUT2D eigenvalue weighted by Crippen LogP contribution is 2.43. The Morgan fingerprint density at radius 3 is 1.27 bits per heavy atom. The lowest BCUT2D eigenvalue weighted by molar-refractivity contribution is 0.166. The molecule has 5 aromatic rings. The predicted octanol–water partition coefficient (Wildman–Crippen LogP) is 8.45. The molecule has 2 heterocycles. The van der Waals surface area contributed by atoms with E-state index >= 15 is 0 Å². The smallest absolute Gasteiger partial charge is 0.209 e. The van der Waals surface area contributed by atoms with Gasteiger partial charge in [-0.05, 0) is 122 Å². The molecule has 5 aromatic carbocycles. The van der Waals surface area contributed by atoms with Crippen LogP contribution in [0.1, 0.15) is 98.0 Å². The summed E-state index contributed by atoms with van der Waals surface area (Å²) in [6.07, 6.45) is 6.43. The molecule has 340 valence electrons. The molecule has 2 aliphatic heterocycles. The first-order valence-corrected chi connectivity index (χ1v) is 25.7. The Morgan fingerprint density at radius 2 is 0.921 bits per heavy atom. The number of nitrogens with zero attached hydrogens (tertiary/aromatic N) is 1. The maximum Gasteiger partial charge on any atom is 0.209 e. The number of nitrogens with one attached hydrogen (secondary N) is 3. The van der Waals surface area contributed by atoms with Gasteiger partial charge in [0.05, 0.1) is 23.6 Å². The fraction of sp³-hybridized carbons (Fsp3) is 0.423. The number of hydrogen-bond acceptors (Lipinski definition) is 7. The Hall–Kier alpha value is -4.20. The molecule has 11 heteroatoms. The van der Waals surface area contributed by atoms with Crippen LogP contribution in [0.15, 0.2) is 103 Å². The number of aliphatic hydroxyl groups is 1. The van der Waals surface area contributed by atoms with E-state index < -0.39 is 31.1 Å². The maximum absolute atomic E-state index is 13.0. The Kier molecular flexibility index (Phi) is 16.4.